The molecular weight excluding hydrogens is 423 g/mol. The molecule has 2 aromatic carbocycles. The van der Waals surface area contributed by atoms with Crippen molar-refractivity contribution >= 4 is 11.3 Å². The van der Waals surface area contributed by atoms with Gasteiger partial charge >= 0.3 is 0 Å². The summed E-state index contributed by atoms with van der Waals surface area (Å²) in [4.78, 5) is 3.72. The van der Waals surface area contributed by atoms with E-state index in [1.54, 1.807) is 28.2 Å². The number of rotatable bonds is 5. The van der Waals surface area contributed by atoms with Crippen LogP contribution in [0.3, 0.4) is 0 Å². The first-order valence-electron chi connectivity index (χ1n) is 10.8. The lowest BCUT2D eigenvalue weighted by Gasteiger charge is -2.42. The molecule has 0 amide bonds. The topological polar surface area (TPSA) is 54.2 Å². The minimum atomic E-state index is -0.552. The fourth-order valence-electron chi connectivity index (χ4n) is 4.39. The number of hydrogen-bond acceptors (Lipinski definition) is 5. The van der Waals surface area contributed by atoms with E-state index in [0.717, 1.165) is 12.1 Å². The third-order valence-corrected chi connectivity index (χ3v) is 7.02. The van der Waals surface area contributed by atoms with E-state index in [4.69, 9.17) is 0 Å². The van der Waals surface area contributed by atoms with Gasteiger partial charge in [0.1, 0.15) is 11.5 Å². The van der Waals surface area contributed by atoms with Crippen molar-refractivity contribution in [2.24, 2.45) is 0 Å². The lowest BCUT2D eigenvalue weighted by Crippen LogP contribution is -2.45. The molecule has 1 aliphatic rings. The van der Waals surface area contributed by atoms with Crippen molar-refractivity contribution in [2.75, 3.05) is 6.54 Å². The average molecular weight is 449 g/mol. The molecule has 1 N–H and O–H groups in total. The molecule has 4 aromatic rings. The second kappa shape index (κ2) is 8.94. The maximum atomic E-state index is 13.3. The summed E-state index contributed by atoms with van der Waals surface area (Å²) in [5.74, 6) is -0.282. The molecule has 1 fully saturated rings. The van der Waals surface area contributed by atoms with Crippen molar-refractivity contribution in [2.45, 2.75) is 38.1 Å². The SMILES string of the molecule is Cc1ccc([C@H]2C[C@H](O)[C@@H](n3cc(-c4ccc(F)cc4)nn3)CN2Cc2cccs2)cc1. The van der Waals surface area contributed by atoms with Crippen LogP contribution in [0.25, 0.3) is 11.3 Å². The molecule has 164 valence electrons. The molecule has 0 radical (unpaired) electrons. The lowest BCUT2D eigenvalue weighted by atomic mass is 9.90. The molecule has 1 saturated heterocycles. The number of thiophene rings is 1. The second-order valence-electron chi connectivity index (χ2n) is 8.40. The van der Waals surface area contributed by atoms with Gasteiger partial charge in [0.05, 0.1) is 18.3 Å². The minimum Gasteiger partial charge on any atom is -0.391 e. The lowest BCUT2D eigenvalue weighted by molar-refractivity contribution is -0.0105. The predicted octanol–water partition coefficient (Wildman–Crippen LogP) is 5.00. The van der Waals surface area contributed by atoms with E-state index in [0.29, 0.717) is 18.7 Å². The first-order chi connectivity index (χ1) is 15.6. The van der Waals surface area contributed by atoms with Crippen molar-refractivity contribution in [1.82, 2.24) is 19.9 Å². The molecule has 5 rings (SSSR count). The average Bonchev–Trinajstić information content (AvgIpc) is 3.48. The number of benzene rings is 2. The highest BCUT2D eigenvalue weighted by atomic mass is 32.1. The molecule has 0 saturated carbocycles. The van der Waals surface area contributed by atoms with Crippen molar-refractivity contribution < 1.29 is 9.50 Å². The number of nitrogens with zero attached hydrogens (tertiary/aromatic N) is 4. The zero-order chi connectivity index (χ0) is 22.1. The van der Waals surface area contributed by atoms with Crippen molar-refractivity contribution in [1.29, 1.82) is 0 Å². The van der Waals surface area contributed by atoms with Crippen LogP contribution in [0.2, 0.25) is 0 Å². The summed E-state index contributed by atoms with van der Waals surface area (Å²) in [6, 6.07) is 18.9. The third-order valence-electron chi connectivity index (χ3n) is 6.16. The fourth-order valence-corrected chi connectivity index (χ4v) is 5.12. The Morgan fingerprint density at radius 2 is 1.88 bits per heavy atom. The Labute approximate surface area is 190 Å². The molecular formula is C25H25FN4OS. The fraction of sp³-hybridized carbons (Fsp3) is 0.280. The van der Waals surface area contributed by atoms with Crippen LogP contribution in [0, 0.1) is 12.7 Å². The number of likely N-dealkylation sites (tertiary alicyclic amines) is 1. The van der Waals surface area contributed by atoms with Crippen molar-refractivity contribution in [3.8, 4) is 11.3 Å². The van der Waals surface area contributed by atoms with Gasteiger partial charge in [-0.1, -0.05) is 41.1 Å². The maximum absolute atomic E-state index is 13.3. The summed E-state index contributed by atoms with van der Waals surface area (Å²) in [5, 5.41) is 21.8. The number of halogens is 1. The molecule has 0 aliphatic carbocycles. The Balaban J connectivity index is 1.42. The highest BCUT2D eigenvalue weighted by Gasteiger charge is 2.37. The van der Waals surface area contributed by atoms with Gasteiger partial charge in [0.2, 0.25) is 0 Å². The van der Waals surface area contributed by atoms with Crippen LogP contribution in [0.1, 0.15) is 34.5 Å². The van der Waals surface area contributed by atoms with Crippen LogP contribution in [0.4, 0.5) is 4.39 Å². The second-order valence-corrected chi connectivity index (χ2v) is 9.43. The van der Waals surface area contributed by atoms with Crippen LogP contribution >= 0.6 is 11.3 Å². The third kappa shape index (κ3) is 4.37. The van der Waals surface area contributed by atoms with Crippen molar-refractivity contribution in [3.63, 3.8) is 0 Å². The highest BCUT2D eigenvalue weighted by Crippen LogP contribution is 2.37. The highest BCUT2D eigenvalue weighted by molar-refractivity contribution is 7.09. The molecule has 0 bridgehead atoms. The van der Waals surface area contributed by atoms with Crippen LogP contribution in [0.5, 0.6) is 0 Å². The van der Waals surface area contributed by atoms with E-state index in [2.05, 4.69) is 63.9 Å². The summed E-state index contributed by atoms with van der Waals surface area (Å²) in [7, 11) is 0. The van der Waals surface area contributed by atoms with Crippen molar-refractivity contribution in [3.05, 3.63) is 94.1 Å². The first-order valence-corrected chi connectivity index (χ1v) is 11.6. The van der Waals surface area contributed by atoms with E-state index < -0.39 is 6.10 Å². The van der Waals surface area contributed by atoms with E-state index in [1.165, 1.54) is 28.1 Å². The Hall–Kier alpha value is -2.87. The van der Waals surface area contributed by atoms with Crippen LogP contribution in [0.15, 0.2) is 72.2 Å². The van der Waals surface area contributed by atoms with E-state index in [-0.39, 0.29) is 17.9 Å². The molecule has 1 aliphatic heterocycles. The standard InChI is InChI=1S/C25H25FN4OS/c1-17-4-6-19(7-5-17)23-13-25(31)24(16-29(23)14-21-3-2-12-32-21)30-15-22(27-28-30)18-8-10-20(26)11-9-18/h2-12,15,23-25,31H,13-14,16H2,1H3/t23-,24+,25+/m1/s1. The molecule has 32 heavy (non-hydrogen) atoms. The van der Waals surface area contributed by atoms with Crippen LogP contribution < -0.4 is 0 Å². The molecule has 7 heteroatoms. The molecule has 2 aromatic heterocycles. The summed E-state index contributed by atoms with van der Waals surface area (Å²) >= 11 is 1.75. The number of aliphatic hydroxyl groups is 1. The van der Waals surface area contributed by atoms with Gasteiger partial charge < -0.3 is 5.11 Å². The maximum Gasteiger partial charge on any atom is 0.123 e. The van der Waals surface area contributed by atoms with Gasteiger partial charge in [-0.3, -0.25) is 4.90 Å². The van der Waals surface area contributed by atoms with Gasteiger partial charge in [0.25, 0.3) is 0 Å². The monoisotopic (exact) mass is 448 g/mol. The van der Waals surface area contributed by atoms with Gasteiger partial charge in [-0.05, 0) is 54.6 Å². The van der Waals surface area contributed by atoms with Crippen LogP contribution in [-0.4, -0.2) is 37.6 Å². The Bertz CT molecular complexity index is 1160. The molecule has 0 unspecified atom stereocenters. The number of hydrogen-bond donors (Lipinski definition) is 1. The summed E-state index contributed by atoms with van der Waals surface area (Å²) in [6.07, 6.45) is 1.91. The molecule has 3 atom stereocenters. The summed E-state index contributed by atoms with van der Waals surface area (Å²) in [5.41, 5.74) is 3.91. The number of aromatic nitrogens is 3. The summed E-state index contributed by atoms with van der Waals surface area (Å²) in [6.45, 7) is 3.56. The zero-order valence-electron chi connectivity index (χ0n) is 17.8. The van der Waals surface area contributed by atoms with Gasteiger partial charge in [-0.2, -0.15) is 0 Å². The predicted molar refractivity (Wildman–Crippen MR) is 124 cm³/mol. The number of aryl methyl sites for hydroxylation is 1. The largest absolute Gasteiger partial charge is 0.391 e. The minimum absolute atomic E-state index is 0.129. The Morgan fingerprint density at radius 1 is 1.09 bits per heavy atom. The van der Waals surface area contributed by atoms with Gasteiger partial charge in [-0.25, -0.2) is 9.07 Å². The van der Waals surface area contributed by atoms with Crippen LogP contribution in [-0.2, 0) is 6.54 Å². The zero-order valence-corrected chi connectivity index (χ0v) is 18.6. The van der Waals surface area contributed by atoms with E-state index in [1.807, 2.05) is 6.20 Å². The van der Waals surface area contributed by atoms with E-state index >= 15 is 0 Å². The van der Waals surface area contributed by atoms with Gasteiger partial charge in [0, 0.05) is 29.6 Å². The quantitative estimate of drug-likeness (QED) is 0.467. The van der Waals surface area contributed by atoms with E-state index in [9.17, 15) is 9.50 Å². The molecule has 3 heterocycles. The molecule has 5 nitrogen and oxygen atoms in total. The molecule has 0 spiro atoms. The summed E-state index contributed by atoms with van der Waals surface area (Å²) < 4.78 is 15.0. The van der Waals surface area contributed by atoms with Gasteiger partial charge in [-0.15, -0.1) is 16.4 Å². The first kappa shape index (κ1) is 21.0. The Kier molecular flexibility index (Phi) is 5.87. The smallest absolute Gasteiger partial charge is 0.123 e. The number of piperidine rings is 1. The Morgan fingerprint density at radius 3 is 2.59 bits per heavy atom. The normalized spacial score (nSPS) is 21.7. The number of aliphatic hydroxyl groups excluding tert-OH is 1. The van der Waals surface area contributed by atoms with Gasteiger partial charge in [0.15, 0.2) is 0 Å².